The summed E-state index contributed by atoms with van der Waals surface area (Å²) in [5.74, 6) is 0. The highest BCUT2D eigenvalue weighted by Gasteiger charge is 2.19. The summed E-state index contributed by atoms with van der Waals surface area (Å²) in [5, 5.41) is 0.747. The van der Waals surface area contributed by atoms with E-state index in [4.69, 9.17) is 16.3 Å². The van der Waals surface area contributed by atoms with Crippen LogP contribution < -0.4 is 4.90 Å². The van der Waals surface area contributed by atoms with Gasteiger partial charge in [-0.2, -0.15) is 0 Å². The zero-order valence-corrected chi connectivity index (χ0v) is 18.3. The van der Waals surface area contributed by atoms with Crippen molar-refractivity contribution in [1.82, 2.24) is 4.90 Å². The molecule has 1 aliphatic rings. The van der Waals surface area contributed by atoms with Crippen LogP contribution in [0, 0.1) is 6.92 Å². The molecule has 1 unspecified atom stereocenters. The molecule has 0 aliphatic carbocycles. The third kappa shape index (κ3) is 5.23. The van der Waals surface area contributed by atoms with Crippen LogP contribution in [0.15, 0.2) is 78.9 Å². The molecule has 1 fully saturated rings. The number of benzene rings is 3. The number of aryl methyl sites for hydroxylation is 1. The average Bonchev–Trinajstić information content (AvgIpc) is 2.79. The second-order valence-corrected chi connectivity index (χ2v) is 8.26. The van der Waals surface area contributed by atoms with E-state index in [0.29, 0.717) is 6.61 Å². The van der Waals surface area contributed by atoms with E-state index in [1.807, 2.05) is 18.2 Å². The van der Waals surface area contributed by atoms with Gasteiger partial charge in [0, 0.05) is 43.4 Å². The van der Waals surface area contributed by atoms with Crippen LogP contribution in [0.5, 0.6) is 0 Å². The minimum absolute atomic E-state index is 0.0725. The number of rotatable bonds is 7. The second-order valence-electron chi connectivity index (χ2n) is 7.83. The molecule has 30 heavy (non-hydrogen) atoms. The van der Waals surface area contributed by atoms with Gasteiger partial charge in [0.2, 0.25) is 0 Å². The van der Waals surface area contributed by atoms with Gasteiger partial charge < -0.3 is 9.64 Å². The molecule has 0 amide bonds. The van der Waals surface area contributed by atoms with Gasteiger partial charge in [0.15, 0.2) is 0 Å². The van der Waals surface area contributed by atoms with Gasteiger partial charge in [0.1, 0.15) is 6.10 Å². The number of halogens is 1. The van der Waals surface area contributed by atoms with Crippen LogP contribution >= 0.6 is 11.6 Å². The Balaban J connectivity index is 1.33. The maximum absolute atomic E-state index is 6.39. The predicted molar refractivity (Wildman–Crippen MR) is 126 cm³/mol. The molecule has 4 heteroatoms. The standard InChI is InChI=1S/C26H29ClN2O/c1-21-7-5-6-10-25(21)29-17-15-28(16-18-29)19-20-30-26(22-8-3-2-4-9-22)23-11-13-24(27)14-12-23/h2-14,26H,15-20H2,1H3. The van der Waals surface area contributed by atoms with E-state index in [0.717, 1.165) is 43.3 Å². The highest BCUT2D eigenvalue weighted by Crippen LogP contribution is 2.27. The van der Waals surface area contributed by atoms with Crippen LogP contribution in [0.2, 0.25) is 5.02 Å². The quantitative estimate of drug-likeness (QED) is 0.496. The lowest BCUT2D eigenvalue weighted by Crippen LogP contribution is -2.47. The van der Waals surface area contributed by atoms with Crippen molar-refractivity contribution >= 4 is 17.3 Å². The summed E-state index contributed by atoms with van der Waals surface area (Å²) in [6, 6.07) is 27.0. The molecule has 0 saturated carbocycles. The van der Waals surface area contributed by atoms with Crippen molar-refractivity contribution in [3.63, 3.8) is 0 Å². The van der Waals surface area contributed by atoms with E-state index in [1.165, 1.54) is 16.8 Å². The number of para-hydroxylation sites is 1. The van der Waals surface area contributed by atoms with Crippen LogP contribution in [0.4, 0.5) is 5.69 Å². The van der Waals surface area contributed by atoms with E-state index in [2.05, 4.69) is 77.4 Å². The molecule has 3 nitrogen and oxygen atoms in total. The minimum atomic E-state index is -0.0725. The Morgan fingerprint density at radius 1 is 0.800 bits per heavy atom. The predicted octanol–water partition coefficient (Wildman–Crippen LogP) is 5.58. The topological polar surface area (TPSA) is 15.7 Å². The SMILES string of the molecule is Cc1ccccc1N1CCN(CCOC(c2ccccc2)c2ccc(Cl)cc2)CC1. The number of anilines is 1. The van der Waals surface area contributed by atoms with Crippen molar-refractivity contribution in [1.29, 1.82) is 0 Å². The monoisotopic (exact) mass is 420 g/mol. The molecular formula is C26H29ClN2O. The normalized spacial score (nSPS) is 15.9. The van der Waals surface area contributed by atoms with E-state index < -0.39 is 0 Å². The lowest BCUT2D eigenvalue weighted by Gasteiger charge is -2.37. The van der Waals surface area contributed by atoms with Crippen molar-refractivity contribution in [2.45, 2.75) is 13.0 Å². The lowest BCUT2D eigenvalue weighted by molar-refractivity contribution is 0.0586. The summed E-state index contributed by atoms with van der Waals surface area (Å²) in [6.07, 6.45) is -0.0725. The van der Waals surface area contributed by atoms with Crippen LogP contribution in [-0.4, -0.2) is 44.2 Å². The van der Waals surface area contributed by atoms with Gasteiger partial charge in [-0.15, -0.1) is 0 Å². The van der Waals surface area contributed by atoms with Gasteiger partial charge in [0.25, 0.3) is 0 Å². The summed E-state index contributed by atoms with van der Waals surface area (Å²) in [5.41, 5.74) is 5.02. The van der Waals surface area contributed by atoms with Crippen LogP contribution in [0.1, 0.15) is 22.8 Å². The molecule has 1 atom stereocenters. The minimum Gasteiger partial charge on any atom is -0.369 e. The number of hydrogen-bond donors (Lipinski definition) is 0. The molecule has 1 aliphatic heterocycles. The lowest BCUT2D eigenvalue weighted by atomic mass is 10.0. The van der Waals surface area contributed by atoms with Gasteiger partial charge in [-0.05, 0) is 41.8 Å². The first-order chi connectivity index (χ1) is 14.7. The fraction of sp³-hybridized carbons (Fsp3) is 0.308. The molecule has 0 radical (unpaired) electrons. The molecular weight excluding hydrogens is 392 g/mol. The first-order valence-electron chi connectivity index (χ1n) is 10.7. The Labute approximate surface area is 184 Å². The molecule has 0 spiro atoms. The zero-order valence-electron chi connectivity index (χ0n) is 17.5. The van der Waals surface area contributed by atoms with Gasteiger partial charge in [-0.1, -0.05) is 72.3 Å². The third-order valence-corrected chi connectivity index (χ3v) is 6.05. The fourth-order valence-electron chi connectivity index (χ4n) is 4.08. The number of piperazine rings is 1. The number of nitrogens with zero attached hydrogens (tertiary/aromatic N) is 2. The smallest absolute Gasteiger partial charge is 0.108 e. The Morgan fingerprint density at radius 3 is 2.13 bits per heavy atom. The van der Waals surface area contributed by atoms with Crippen LogP contribution in [0.25, 0.3) is 0 Å². The number of hydrogen-bond acceptors (Lipinski definition) is 3. The maximum Gasteiger partial charge on any atom is 0.108 e. The summed E-state index contributed by atoms with van der Waals surface area (Å²) in [7, 11) is 0. The Morgan fingerprint density at radius 2 is 1.43 bits per heavy atom. The largest absolute Gasteiger partial charge is 0.369 e. The third-order valence-electron chi connectivity index (χ3n) is 5.80. The molecule has 1 heterocycles. The molecule has 156 valence electrons. The first-order valence-corrected chi connectivity index (χ1v) is 11.0. The zero-order chi connectivity index (χ0) is 20.8. The van der Waals surface area contributed by atoms with E-state index in [1.54, 1.807) is 0 Å². The molecule has 3 aromatic carbocycles. The Hall–Kier alpha value is -2.33. The van der Waals surface area contributed by atoms with Crippen LogP contribution in [0.3, 0.4) is 0 Å². The summed E-state index contributed by atoms with van der Waals surface area (Å²) in [6.45, 7) is 8.08. The van der Waals surface area contributed by atoms with Crippen molar-refractivity contribution in [2.24, 2.45) is 0 Å². The first kappa shape index (κ1) is 20.9. The number of ether oxygens (including phenoxy) is 1. The summed E-state index contributed by atoms with van der Waals surface area (Å²) < 4.78 is 6.39. The summed E-state index contributed by atoms with van der Waals surface area (Å²) in [4.78, 5) is 4.99. The van der Waals surface area contributed by atoms with Gasteiger partial charge >= 0.3 is 0 Å². The Bertz CT molecular complexity index is 921. The van der Waals surface area contributed by atoms with Crippen molar-refractivity contribution in [3.8, 4) is 0 Å². The van der Waals surface area contributed by atoms with E-state index in [-0.39, 0.29) is 6.10 Å². The van der Waals surface area contributed by atoms with E-state index >= 15 is 0 Å². The van der Waals surface area contributed by atoms with Crippen LogP contribution in [-0.2, 0) is 4.74 Å². The highest BCUT2D eigenvalue weighted by atomic mass is 35.5. The maximum atomic E-state index is 6.39. The molecule has 0 aromatic heterocycles. The highest BCUT2D eigenvalue weighted by molar-refractivity contribution is 6.30. The summed E-state index contributed by atoms with van der Waals surface area (Å²) >= 11 is 6.08. The van der Waals surface area contributed by atoms with Crippen molar-refractivity contribution in [2.75, 3.05) is 44.2 Å². The molecule has 0 N–H and O–H groups in total. The average molecular weight is 421 g/mol. The fourth-order valence-corrected chi connectivity index (χ4v) is 4.21. The van der Waals surface area contributed by atoms with Crippen molar-refractivity contribution < 1.29 is 4.74 Å². The molecule has 1 saturated heterocycles. The molecule has 0 bridgehead atoms. The van der Waals surface area contributed by atoms with Crippen molar-refractivity contribution in [3.05, 3.63) is 101 Å². The van der Waals surface area contributed by atoms with E-state index in [9.17, 15) is 0 Å². The molecule has 4 rings (SSSR count). The van der Waals surface area contributed by atoms with Gasteiger partial charge in [0.05, 0.1) is 6.61 Å². The Kier molecular flexibility index (Phi) is 7.06. The van der Waals surface area contributed by atoms with Gasteiger partial charge in [-0.3, -0.25) is 4.90 Å². The van der Waals surface area contributed by atoms with Gasteiger partial charge in [-0.25, -0.2) is 0 Å². The second kappa shape index (κ2) is 10.1. The molecule has 3 aromatic rings.